The van der Waals surface area contributed by atoms with E-state index in [1.165, 1.54) is 6.07 Å². The summed E-state index contributed by atoms with van der Waals surface area (Å²) in [5, 5.41) is 2.30. The summed E-state index contributed by atoms with van der Waals surface area (Å²) in [6, 6.07) is 3.24. The van der Waals surface area contributed by atoms with E-state index in [1.807, 2.05) is 13.8 Å². The number of aliphatic imine (C=N–C) groups is 1. The third kappa shape index (κ3) is 2.06. The summed E-state index contributed by atoms with van der Waals surface area (Å²) >= 11 is 4.55. The molecule has 0 saturated carbocycles. The van der Waals surface area contributed by atoms with Crippen LogP contribution in [-0.2, 0) is 12.8 Å². The molecule has 0 spiro atoms. The molecule has 3 heteroatoms. The van der Waals surface area contributed by atoms with E-state index in [0.717, 1.165) is 12.0 Å². The highest BCUT2D eigenvalue weighted by atomic mass is 32.1. The van der Waals surface area contributed by atoms with Gasteiger partial charge in [-0.05, 0) is 36.7 Å². The first-order chi connectivity index (χ1) is 6.74. The van der Waals surface area contributed by atoms with E-state index in [2.05, 4.69) is 22.4 Å². The number of isothiocyanates is 1. The van der Waals surface area contributed by atoms with Gasteiger partial charge in [0, 0.05) is 5.56 Å². The van der Waals surface area contributed by atoms with Crippen molar-refractivity contribution in [3.63, 3.8) is 0 Å². The van der Waals surface area contributed by atoms with Gasteiger partial charge in [0.15, 0.2) is 0 Å². The van der Waals surface area contributed by atoms with E-state index in [0.29, 0.717) is 17.7 Å². The van der Waals surface area contributed by atoms with Gasteiger partial charge in [0.25, 0.3) is 0 Å². The van der Waals surface area contributed by atoms with Crippen molar-refractivity contribution in [2.45, 2.75) is 26.7 Å². The van der Waals surface area contributed by atoms with Gasteiger partial charge in [0.1, 0.15) is 5.82 Å². The van der Waals surface area contributed by atoms with E-state index in [-0.39, 0.29) is 5.82 Å². The number of thiocarbonyl (C=S) groups is 1. The second-order valence-corrected chi connectivity index (χ2v) is 3.13. The first-order valence-electron chi connectivity index (χ1n) is 4.62. The number of hydrogen-bond donors (Lipinski definition) is 0. The predicted octanol–water partition coefficient (Wildman–Crippen LogP) is 3.68. The van der Waals surface area contributed by atoms with Gasteiger partial charge in [-0.3, -0.25) is 0 Å². The van der Waals surface area contributed by atoms with Crippen molar-refractivity contribution in [2.24, 2.45) is 4.99 Å². The molecule has 0 aliphatic rings. The maximum absolute atomic E-state index is 13.4. The van der Waals surface area contributed by atoms with E-state index in [4.69, 9.17) is 0 Å². The first kappa shape index (κ1) is 11.0. The monoisotopic (exact) mass is 209 g/mol. The van der Waals surface area contributed by atoms with Crippen molar-refractivity contribution < 1.29 is 4.39 Å². The van der Waals surface area contributed by atoms with Gasteiger partial charge in [-0.15, -0.1) is 0 Å². The molecule has 0 fully saturated rings. The van der Waals surface area contributed by atoms with Crippen LogP contribution in [-0.4, -0.2) is 5.16 Å². The lowest BCUT2D eigenvalue weighted by atomic mass is 10.0. The molecule has 0 N–H and O–H groups in total. The predicted molar refractivity (Wildman–Crippen MR) is 59.8 cm³/mol. The smallest absolute Gasteiger partial charge is 0.128 e. The van der Waals surface area contributed by atoms with Crippen molar-refractivity contribution in [3.8, 4) is 0 Å². The Labute approximate surface area is 88.7 Å². The second kappa shape index (κ2) is 4.99. The molecule has 0 aromatic heterocycles. The third-order valence-corrected chi connectivity index (χ3v) is 2.29. The lowest BCUT2D eigenvalue weighted by Gasteiger charge is -2.08. The molecule has 0 saturated heterocycles. The second-order valence-electron chi connectivity index (χ2n) is 2.94. The van der Waals surface area contributed by atoms with Crippen LogP contribution in [0.2, 0.25) is 0 Å². The summed E-state index contributed by atoms with van der Waals surface area (Å²) in [4.78, 5) is 3.93. The molecule has 0 unspecified atom stereocenters. The molecule has 0 bridgehead atoms. The Hall–Kier alpha value is -1.05. The summed E-state index contributed by atoms with van der Waals surface area (Å²) in [5.41, 5.74) is 2.30. The Bertz CT molecular complexity index is 381. The summed E-state index contributed by atoms with van der Waals surface area (Å²) in [6.45, 7) is 3.91. The van der Waals surface area contributed by atoms with Crippen molar-refractivity contribution in [3.05, 3.63) is 29.1 Å². The molecule has 1 aromatic rings. The number of nitrogens with zero attached hydrogens (tertiary/aromatic N) is 1. The van der Waals surface area contributed by atoms with Crippen molar-refractivity contribution >= 4 is 23.1 Å². The van der Waals surface area contributed by atoms with Crippen LogP contribution >= 0.6 is 12.2 Å². The Morgan fingerprint density at radius 3 is 2.57 bits per heavy atom. The van der Waals surface area contributed by atoms with Gasteiger partial charge in [0.05, 0.1) is 10.8 Å². The molecular formula is C11H12FNS. The molecule has 1 rings (SSSR count). The number of halogens is 1. The molecule has 0 aliphatic heterocycles. The van der Waals surface area contributed by atoms with Crippen LogP contribution in [0.5, 0.6) is 0 Å². The Morgan fingerprint density at radius 2 is 2.07 bits per heavy atom. The highest BCUT2D eigenvalue weighted by Crippen LogP contribution is 2.27. The summed E-state index contributed by atoms with van der Waals surface area (Å²) in [7, 11) is 0. The summed E-state index contributed by atoms with van der Waals surface area (Å²) in [6.07, 6.45) is 1.44. The van der Waals surface area contributed by atoms with Gasteiger partial charge in [-0.2, -0.15) is 4.99 Å². The van der Waals surface area contributed by atoms with Gasteiger partial charge >= 0.3 is 0 Å². The molecule has 14 heavy (non-hydrogen) atoms. The lowest BCUT2D eigenvalue weighted by Crippen LogP contribution is -1.93. The SMILES string of the molecule is CCc1ccc(F)c(CC)c1N=C=S. The molecule has 1 nitrogen and oxygen atoms in total. The van der Waals surface area contributed by atoms with Crippen LogP contribution in [0.3, 0.4) is 0 Å². The van der Waals surface area contributed by atoms with Crippen LogP contribution < -0.4 is 0 Å². The average molecular weight is 209 g/mol. The Kier molecular flexibility index (Phi) is 3.93. The molecule has 0 amide bonds. The Balaban J connectivity index is 3.43. The van der Waals surface area contributed by atoms with Crippen LogP contribution in [0.4, 0.5) is 10.1 Å². The van der Waals surface area contributed by atoms with Crippen LogP contribution in [0, 0.1) is 5.82 Å². The maximum Gasteiger partial charge on any atom is 0.128 e. The zero-order valence-corrected chi connectivity index (χ0v) is 9.12. The van der Waals surface area contributed by atoms with Crippen molar-refractivity contribution in [1.29, 1.82) is 0 Å². The lowest BCUT2D eigenvalue weighted by molar-refractivity contribution is 0.612. The summed E-state index contributed by atoms with van der Waals surface area (Å²) in [5.74, 6) is -0.214. The maximum atomic E-state index is 13.4. The van der Waals surface area contributed by atoms with E-state index in [1.54, 1.807) is 6.07 Å². The van der Waals surface area contributed by atoms with Crippen LogP contribution in [0.1, 0.15) is 25.0 Å². The largest absolute Gasteiger partial charge is 0.207 e. The van der Waals surface area contributed by atoms with E-state index >= 15 is 0 Å². The topological polar surface area (TPSA) is 12.4 Å². The number of hydrogen-bond acceptors (Lipinski definition) is 2. The van der Waals surface area contributed by atoms with Crippen molar-refractivity contribution in [1.82, 2.24) is 0 Å². The van der Waals surface area contributed by atoms with Crippen LogP contribution in [0.25, 0.3) is 0 Å². The van der Waals surface area contributed by atoms with Gasteiger partial charge in [-0.1, -0.05) is 19.9 Å². The summed E-state index contributed by atoms with van der Waals surface area (Å²) < 4.78 is 13.4. The molecule has 0 radical (unpaired) electrons. The van der Waals surface area contributed by atoms with E-state index < -0.39 is 0 Å². The minimum absolute atomic E-state index is 0.214. The molecule has 74 valence electrons. The minimum atomic E-state index is -0.214. The fraction of sp³-hybridized carbons (Fsp3) is 0.364. The number of benzene rings is 1. The normalized spacial score (nSPS) is 9.64. The molecule has 0 aliphatic carbocycles. The van der Waals surface area contributed by atoms with Crippen LogP contribution in [0.15, 0.2) is 17.1 Å². The van der Waals surface area contributed by atoms with Gasteiger partial charge in [0.2, 0.25) is 0 Å². The first-order valence-corrected chi connectivity index (χ1v) is 5.03. The quantitative estimate of drug-likeness (QED) is 0.546. The number of rotatable bonds is 3. The average Bonchev–Trinajstić information content (AvgIpc) is 2.19. The fourth-order valence-electron chi connectivity index (χ4n) is 1.47. The van der Waals surface area contributed by atoms with Gasteiger partial charge in [-0.25, -0.2) is 4.39 Å². The third-order valence-electron chi connectivity index (χ3n) is 2.20. The molecule has 0 atom stereocenters. The zero-order chi connectivity index (χ0) is 10.6. The molecule has 1 aromatic carbocycles. The molecule has 0 heterocycles. The van der Waals surface area contributed by atoms with Crippen molar-refractivity contribution in [2.75, 3.05) is 0 Å². The Morgan fingerprint density at radius 1 is 1.36 bits per heavy atom. The molecular weight excluding hydrogens is 197 g/mol. The minimum Gasteiger partial charge on any atom is -0.207 e. The zero-order valence-electron chi connectivity index (χ0n) is 8.30. The fourth-order valence-corrected chi connectivity index (χ4v) is 1.56. The van der Waals surface area contributed by atoms with E-state index in [9.17, 15) is 4.39 Å². The van der Waals surface area contributed by atoms with Gasteiger partial charge < -0.3 is 0 Å². The number of aryl methyl sites for hydroxylation is 1. The highest BCUT2D eigenvalue weighted by Gasteiger charge is 2.09. The standard InChI is InChI=1S/C11H12FNS/c1-3-8-5-6-10(12)9(4-2)11(8)13-7-14/h5-6H,3-4H2,1-2H3. The highest BCUT2D eigenvalue weighted by molar-refractivity contribution is 7.78.